The lowest BCUT2D eigenvalue weighted by atomic mass is 10.3. The number of carboxylic acids is 1. The number of hydrogen-bond donors (Lipinski definition) is 0. The van der Waals surface area contributed by atoms with E-state index in [-0.39, 0.29) is 5.56 Å². The minimum atomic E-state index is -1.08. The number of carbonyl (C=O) groups is 1. The second-order valence-electron chi connectivity index (χ2n) is 6.85. The van der Waals surface area contributed by atoms with Crippen LogP contribution in [0.15, 0.2) is 39.3 Å². The molecule has 3 aromatic rings. The number of rotatable bonds is 3. The number of anilines is 1. The normalized spacial score (nSPS) is 15.0. The van der Waals surface area contributed by atoms with Crippen LogP contribution < -0.4 is 29.3 Å². The molecule has 4 rings (SSSR count). The number of fused-ring (bicyclic) bond motifs is 1. The van der Waals surface area contributed by atoms with E-state index in [1.165, 1.54) is 15.6 Å². The van der Waals surface area contributed by atoms with Crippen LogP contribution >= 0.6 is 34.4 Å². The second-order valence-corrected chi connectivity index (χ2v) is 9.80. The first-order chi connectivity index (χ1) is 14.8. The van der Waals surface area contributed by atoms with Crippen LogP contribution in [0.3, 0.4) is 0 Å². The summed E-state index contributed by atoms with van der Waals surface area (Å²) in [5, 5.41) is 13.3. The van der Waals surface area contributed by atoms with Crippen molar-refractivity contribution in [3.05, 3.63) is 59.9 Å². The zero-order chi connectivity index (χ0) is 22.7. The molecule has 6 nitrogen and oxygen atoms in total. The fourth-order valence-electron chi connectivity index (χ4n) is 3.34. The molecule has 164 valence electrons. The van der Waals surface area contributed by atoms with E-state index >= 15 is 0 Å². The van der Waals surface area contributed by atoms with Crippen LogP contribution in [0.2, 0.25) is 0 Å². The van der Waals surface area contributed by atoms with Crippen molar-refractivity contribution in [1.82, 2.24) is 4.57 Å². The third-order valence-corrected chi connectivity index (χ3v) is 8.29. The lowest BCUT2D eigenvalue weighted by Gasteiger charge is -2.11. The van der Waals surface area contributed by atoms with Gasteiger partial charge in [0.05, 0.1) is 17.1 Å². The van der Waals surface area contributed by atoms with E-state index in [1.807, 2.05) is 30.7 Å². The fourth-order valence-corrected chi connectivity index (χ4v) is 6.87. The number of thiazole rings is 2. The van der Waals surface area contributed by atoms with Gasteiger partial charge in [-0.3, -0.25) is 9.36 Å². The highest BCUT2D eigenvalue weighted by Crippen LogP contribution is 2.44. The van der Waals surface area contributed by atoms with Crippen molar-refractivity contribution in [2.75, 3.05) is 11.9 Å². The van der Waals surface area contributed by atoms with Gasteiger partial charge in [0.1, 0.15) is 20.8 Å². The minimum absolute atomic E-state index is 0.104. The van der Waals surface area contributed by atoms with Gasteiger partial charge in [-0.25, -0.2) is 0 Å². The molecule has 0 radical (unpaired) electrons. The standard InChI is InChI=1S/C20H22N3OS3.C2H4O2/c1-5-22-13(3)12-25-16(22)11-17-23(6-2)19(24)18(27-17)20-21(4)14-9-7-8-10-15(14)26-20;1-2(3)4/h7-12H,5-6H2,1-4H3;1H3,(H,3,4)/q+1;/p-1/b20-18+;. The molecule has 0 N–H and O–H groups in total. The third-order valence-electron chi connectivity index (χ3n) is 4.77. The Balaban J connectivity index is 0.000000628. The molecule has 0 spiro atoms. The van der Waals surface area contributed by atoms with Crippen LogP contribution in [0.25, 0.3) is 11.1 Å². The molecule has 31 heavy (non-hydrogen) atoms. The summed E-state index contributed by atoms with van der Waals surface area (Å²) in [6, 6.07) is 8.30. The Hall–Kier alpha value is -2.36. The topological polar surface area (TPSA) is 69.2 Å². The highest BCUT2D eigenvalue weighted by molar-refractivity contribution is 8.08. The van der Waals surface area contributed by atoms with Crippen LogP contribution in [0.1, 0.15) is 31.5 Å². The Labute approximate surface area is 193 Å². The molecule has 1 aliphatic heterocycles. The number of thioether (sulfide) groups is 1. The molecular weight excluding hydrogens is 450 g/mol. The third kappa shape index (κ3) is 4.78. The summed E-state index contributed by atoms with van der Waals surface area (Å²) in [5.41, 5.74) is 2.52. The summed E-state index contributed by atoms with van der Waals surface area (Å²) in [6.07, 6.45) is 2.16. The van der Waals surface area contributed by atoms with Gasteiger partial charge in [-0.15, -0.1) is 11.3 Å². The maximum Gasteiger partial charge on any atom is 0.271 e. The number of aromatic nitrogens is 2. The molecule has 0 unspecified atom stereocenters. The summed E-state index contributed by atoms with van der Waals surface area (Å²) in [5.74, 6) is -1.08. The highest BCUT2D eigenvalue weighted by Gasteiger charge is 2.24. The first kappa shape index (κ1) is 23.3. The van der Waals surface area contributed by atoms with Gasteiger partial charge in [0.2, 0.25) is 0 Å². The molecule has 0 saturated carbocycles. The predicted molar refractivity (Wildman–Crippen MR) is 127 cm³/mol. The fraction of sp³-hybridized carbons (Fsp3) is 0.318. The Morgan fingerprint density at radius 2 is 1.94 bits per heavy atom. The average Bonchev–Trinajstić information content (AvgIpc) is 3.35. The van der Waals surface area contributed by atoms with Crippen molar-refractivity contribution in [1.29, 1.82) is 0 Å². The molecule has 2 aromatic heterocycles. The Morgan fingerprint density at radius 1 is 1.26 bits per heavy atom. The van der Waals surface area contributed by atoms with Crippen molar-refractivity contribution in [2.45, 2.75) is 45.7 Å². The van der Waals surface area contributed by atoms with Crippen LogP contribution in [0.4, 0.5) is 5.69 Å². The van der Waals surface area contributed by atoms with Gasteiger partial charge in [0.25, 0.3) is 10.6 Å². The van der Waals surface area contributed by atoms with Gasteiger partial charge in [-0.1, -0.05) is 35.2 Å². The summed E-state index contributed by atoms with van der Waals surface area (Å²) in [6.45, 7) is 8.89. The number of carbonyl (C=O) groups excluding carboxylic acids is 1. The van der Waals surface area contributed by atoms with Gasteiger partial charge >= 0.3 is 0 Å². The van der Waals surface area contributed by atoms with Gasteiger partial charge < -0.3 is 14.8 Å². The molecule has 0 aliphatic carbocycles. The van der Waals surface area contributed by atoms with E-state index < -0.39 is 5.97 Å². The molecule has 1 aliphatic rings. The van der Waals surface area contributed by atoms with Crippen LogP contribution in [-0.2, 0) is 17.9 Å². The first-order valence-electron chi connectivity index (χ1n) is 9.90. The van der Waals surface area contributed by atoms with Gasteiger partial charge in [-0.2, -0.15) is 4.57 Å². The van der Waals surface area contributed by atoms with Crippen molar-refractivity contribution in [3.63, 3.8) is 0 Å². The van der Waals surface area contributed by atoms with E-state index in [0.717, 1.165) is 33.4 Å². The largest absolute Gasteiger partial charge is 0.550 e. The monoisotopic (exact) mass is 475 g/mol. The quantitative estimate of drug-likeness (QED) is 0.537. The maximum absolute atomic E-state index is 13.1. The van der Waals surface area contributed by atoms with Crippen molar-refractivity contribution >= 4 is 57.2 Å². The molecule has 1 aromatic carbocycles. The Bertz CT molecular complexity index is 1280. The smallest absolute Gasteiger partial charge is 0.271 e. The minimum Gasteiger partial charge on any atom is -0.550 e. The zero-order valence-electron chi connectivity index (χ0n) is 18.2. The number of carboxylic acid groups (broad SMARTS) is 1. The summed E-state index contributed by atoms with van der Waals surface area (Å²) < 4.78 is 6.01. The van der Waals surface area contributed by atoms with Crippen LogP contribution in [0.5, 0.6) is 0 Å². The maximum atomic E-state index is 13.1. The first-order valence-corrected chi connectivity index (χ1v) is 12.4. The summed E-state index contributed by atoms with van der Waals surface area (Å²) in [4.78, 5) is 25.4. The van der Waals surface area contributed by atoms with E-state index in [9.17, 15) is 4.79 Å². The van der Waals surface area contributed by atoms with Crippen molar-refractivity contribution < 1.29 is 14.5 Å². The lowest BCUT2D eigenvalue weighted by Crippen LogP contribution is -2.37. The molecule has 3 heterocycles. The predicted octanol–water partition coefficient (Wildman–Crippen LogP) is 1.50. The average molecular weight is 476 g/mol. The number of aliphatic carboxylic acids is 1. The second kappa shape index (κ2) is 9.84. The molecule has 0 saturated heterocycles. The van der Waals surface area contributed by atoms with E-state index in [2.05, 4.69) is 46.9 Å². The molecule has 0 fully saturated rings. The van der Waals surface area contributed by atoms with Crippen molar-refractivity contribution in [2.24, 2.45) is 0 Å². The SMILES string of the molecule is CC(=O)[O-].CCn1c(=O)/c(=C2\Sc3ccccc3N2C)s/c1=C\c1scc(C)[n+]1CC. The number of nitrogens with zero attached hydrogens (tertiary/aromatic N) is 3. The number of aryl methyl sites for hydroxylation is 1. The molecule has 9 heteroatoms. The van der Waals surface area contributed by atoms with E-state index in [4.69, 9.17) is 9.90 Å². The Kier molecular flexibility index (Phi) is 7.40. The summed E-state index contributed by atoms with van der Waals surface area (Å²) >= 11 is 5.01. The van der Waals surface area contributed by atoms with Gasteiger partial charge in [-0.05, 0) is 32.9 Å². The number of benzene rings is 1. The molecule has 0 atom stereocenters. The Morgan fingerprint density at radius 3 is 2.55 bits per heavy atom. The highest BCUT2D eigenvalue weighted by atomic mass is 32.2. The number of hydrogen-bond acceptors (Lipinski definition) is 7. The molecular formula is C22H25N3O3S3. The van der Waals surface area contributed by atoms with E-state index in [1.54, 1.807) is 34.4 Å². The van der Waals surface area contributed by atoms with Crippen LogP contribution in [-0.4, -0.2) is 17.6 Å². The summed E-state index contributed by atoms with van der Waals surface area (Å²) in [7, 11) is 2.04. The lowest BCUT2D eigenvalue weighted by molar-refractivity contribution is -0.696. The van der Waals surface area contributed by atoms with Gasteiger partial charge in [0, 0.05) is 31.4 Å². The molecule has 0 bridgehead atoms. The van der Waals surface area contributed by atoms with E-state index in [0.29, 0.717) is 6.54 Å². The van der Waals surface area contributed by atoms with Crippen molar-refractivity contribution in [3.8, 4) is 0 Å². The van der Waals surface area contributed by atoms with Gasteiger partial charge in [0.15, 0.2) is 5.69 Å². The van der Waals surface area contributed by atoms with Crippen LogP contribution in [0, 0.1) is 6.92 Å². The number of para-hydroxylation sites is 1. The zero-order valence-corrected chi connectivity index (χ0v) is 20.6. The molecule has 0 amide bonds.